The molecule has 2 saturated heterocycles. The Morgan fingerprint density at radius 1 is 1.05 bits per heavy atom. The van der Waals surface area contributed by atoms with Crippen LogP contribution in [0.4, 0.5) is 0 Å². The van der Waals surface area contributed by atoms with E-state index in [1.165, 1.54) is 17.6 Å². The van der Waals surface area contributed by atoms with Crippen LogP contribution in [0.1, 0.15) is 76.0 Å². The number of benzene rings is 1. The summed E-state index contributed by atoms with van der Waals surface area (Å²) in [5, 5.41) is 10.4. The maximum atomic E-state index is 13.8. The molecule has 39 heavy (non-hydrogen) atoms. The second kappa shape index (κ2) is 11.1. The average Bonchev–Trinajstić information content (AvgIpc) is 3.50. The lowest BCUT2D eigenvalue weighted by atomic mass is 9.69. The van der Waals surface area contributed by atoms with Crippen LogP contribution in [-0.2, 0) is 14.3 Å². The molecule has 1 saturated carbocycles. The number of nitrogens with zero attached hydrogens (tertiary/aromatic N) is 2. The summed E-state index contributed by atoms with van der Waals surface area (Å²) in [6.07, 6.45) is 12.1. The summed E-state index contributed by atoms with van der Waals surface area (Å²) in [5.41, 5.74) is 5.25. The number of aromatic nitrogens is 1. The van der Waals surface area contributed by atoms with Crippen LogP contribution < -0.4 is 0 Å². The number of pyridine rings is 1. The van der Waals surface area contributed by atoms with Gasteiger partial charge >= 0.3 is 0 Å². The van der Waals surface area contributed by atoms with E-state index in [-0.39, 0.29) is 47.5 Å². The van der Waals surface area contributed by atoms with E-state index in [0.717, 1.165) is 61.8 Å². The fraction of sp³-hybridized carbons (Fsp3) is 0.485. The summed E-state index contributed by atoms with van der Waals surface area (Å²) in [7, 11) is 0. The molecular formula is C33H38N2O4. The van der Waals surface area contributed by atoms with Crippen molar-refractivity contribution in [3.05, 3.63) is 71.1 Å². The van der Waals surface area contributed by atoms with Crippen LogP contribution in [0.25, 0.3) is 11.6 Å². The Kier molecular flexibility index (Phi) is 7.39. The molecule has 2 aromatic rings. The Morgan fingerprint density at radius 3 is 2.59 bits per heavy atom. The van der Waals surface area contributed by atoms with Gasteiger partial charge in [0.05, 0.1) is 30.2 Å². The smallest absolute Gasteiger partial charge is 0.234 e. The zero-order valence-corrected chi connectivity index (χ0v) is 22.7. The van der Waals surface area contributed by atoms with Crippen LogP contribution in [0.3, 0.4) is 0 Å². The maximum Gasteiger partial charge on any atom is 0.234 e. The minimum Gasteiger partial charge on any atom is -0.507 e. The highest BCUT2D eigenvalue weighted by Gasteiger charge is 2.57. The van der Waals surface area contributed by atoms with Crippen LogP contribution in [0.15, 0.2) is 59.8 Å². The Labute approximate surface area is 230 Å². The van der Waals surface area contributed by atoms with Crippen LogP contribution >= 0.6 is 0 Å². The maximum absolute atomic E-state index is 13.8. The molecule has 2 amide bonds. The van der Waals surface area contributed by atoms with Gasteiger partial charge in [-0.05, 0) is 73.9 Å². The lowest BCUT2D eigenvalue weighted by Gasteiger charge is -2.31. The largest absolute Gasteiger partial charge is 0.507 e. The van der Waals surface area contributed by atoms with E-state index in [1.54, 1.807) is 17.2 Å². The minimum atomic E-state index is -0.276. The third kappa shape index (κ3) is 4.84. The molecular weight excluding hydrogens is 488 g/mol. The average molecular weight is 527 g/mol. The predicted molar refractivity (Wildman–Crippen MR) is 150 cm³/mol. The molecule has 1 N–H and O–H groups in total. The molecule has 3 fully saturated rings. The number of imide groups is 1. The lowest BCUT2D eigenvalue weighted by molar-refractivity contribution is -0.143. The topological polar surface area (TPSA) is 79.7 Å². The molecule has 6 nitrogen and oxygen atoms in total. The SMILES string of the molecule is CCC1=C2[C@@H](CC/C(=C/c3ccccc3O)c3ccccn3)OC[C@@H]2[C@@H]2C(=O)N(C3CCCCC3)C(=O)[C@@H]2C1. The summed E-state index contributed by atoms with van der Waals surface area (Å²) in [5.74, 6) is -0.156. The van der Waals surface area contributed by atoms with Gasteiger partial charge in [-0.25, -0.2) is 0 Å². The third-order valence-corrected chi connectivity index (χ3v) is 9.34. The lowest BCUT2D eigenvalue weighted by Crippen LogP contribution is -2.42. The number of hydrogen-bond acceptors (Lipinski definition) is 5. The van der Waals surface area contributed by atoms with Crippen LogP contribution in [0.2, 0.25) is 0 Å². The molecule has 1 aromatic heterocycles. The minimum absolute atomic E-state index is 0.00538. The molecule has 0 bridgehead atoms. The van der Waals surface area contributed by atoms with Crippen LogP contribution in [0, 0.1) is 17.8 Å². The normalized spacial score (nSPS) is 27.7. The van der Waals surface area contributed by atoms with Gasteiger partial charge in [-0.1, -0.05) is 56.0 Å². The number of phenolic OH excluding ortho intramolecular Hbond substituents is 1. The first-order valence-corrected chi connectivity index (χ1v) is 14.7. The highest BCUT2D eigenvalue weighted by Crippen LogP contribution is 2.51. The summed E-state index contributed by atoms with van der Waals surface area (Å²) in [6.45, 7) is 2.66. The van der Waals surface area contributed by atoms with E-state index in [1.807, 2.05) is 42.5 Å². The number of likely N-dealkylation sites (tertiary alicyclic amines) is 1. The zero-order valence-electron chi connectivity index (χ0n) is 22.7. The third-order valence-electron chi connectivity index (χ3n) is 9.34. The van der Waals surface area contributed by atoms with E-state index in [0.29, 0.717) is 13.0 Å². The van der Waals surface area contributed by atoms with E-state index in [4.69, 9.17) is 4.74 Å². The molecule has 4 aliphatic rings. The van der Waals surface area contributed by atoms with Crippen molar-refractivity contribution < 1.29 is 19.4 Å². The number of ether oxygens (including phenoxy) is 1. The van der Waals surface area contributed by atoms with Gasteiger partial charge in [0.15, 0.2) is 0 Å². The van der Waals surface area contributed by atoms with Gasteiger partial charge in [0, 0.05) is 23.7 Å². The van der Waals surface area contributed by atoms with Gasteiger partial charge in [-0.2, -0.15) is 0 Å². The number of hydrogen-bond donors (Lipinski definition) is 1. The fourth-order valence-corrected chi connectivity index (χ4v) is 7.45. The number of carbonyl (C=O) groups is 2. The number of para-hydroxylation sites is 1. The molecule has 0 spiro atoms. The van der Waals surface area contributed by atoms with Gasteiger partial charge < -0.3 is 9.84 Å². The highest BCUT2D eigenvalue weighted by molar-refractivity contribution is 6.06. The number of carbonyl (C=O) groups excluding carboxylic acids is 2. The van der Waals surface area contributed by atoms with Crippen molar-refractivity contribution in [3.8, 4) is 5.75 Å². The van der Waals surface area contributed by atoms with E-state index in [2.05, 4.69) is 11.9 Å². The number of aromatic hydroxyl groups is 1. The molecule has 3 heterocycles. The first kappa shape index (κ1) is 26.0. The van der Waals surface area contributed by atoms with Crippen molar-refractivity contribution in [2.75, 3.05) is 6.61 Å². The van der Waals surface area contributed by atoms with E-state index < -0.39 is 0 Å². The highest BCUT2D eigenvalue weighted by atomic mass is 16.5. The summed E-state index contributed by atoms with van der Waals surface area (Å²) < 4.78 is 6.43. The van der Waals surface area contributed by atoms with Crippen molar-refractivity contribution in [3.63, 3.8) is 0 Å². The van der Waals surface area contributed by atoms with Crippen molar-refractivity contribution in [1.82, 2.24) is 9.88 Å². The molecule has 204 valence electrons. The number of amides is 2. The van der Waals surface area contributed by atoms with Gasteiger partial charge in [-0.15, -0.1) is 0 Å². The van der Waals surface area contributed by atoms with E-state index in [9.17, 15) is 14.7 Å². The Balaban J connectivity index is 1.25. The Morgan fingerprint density at radius 2 is 1.85 bits per heavy atom. The predicted octanol–water partition coefficient (Wildman–Crippen LogP) is 6.17. The van der Waals surface area contributed by atoms with Gasteiger partial charge in [0.2, 0.25) is 11.8 Å². The standard InChI is InChI=1S/C33H38N2O4/c1-2-21-19-25-31(33(38)35(32(25)37)24-11-4-3-5-12-24)26-20-39-29(30(21)26)16-15-22(27-13-8-9-17-34-27)18-23-10-6-7-14-28(23)36/h6-10,13-14,17-18,24-26,29,31,36H,2-5,11-12,15-16,19-20H2,1H3/b22-18-/t25-,26+,29-,31-/m1/s1. The van der Waals surface area contributed by atoms with Gasteiger partial charge in [0.1, 0.15) is 5.75 Å². The van der Waals surface area contributed by atoms with Crippen LogP contribution in [0.5, 0.6) is 5.75 Å². The summed E-state index contributed by atoms with van der Waals surface area (Å²) in [6, 6.07) is 13.3. The Hall–Kier alpha value is -3.25. The van der Waals surface area contributed by atoms with Crippen molar-refractivity contribution in [1.29, 1.82) is 0 Å². The molecule has 4 atom stereocenters. The summed E-state index contributed by atoms with van der Waals surface area (Å²) in [4.78, 5) is 33.6. The van der Waals surface area contributed by atoms with Crippen LogP contribution in [-0.4, -0.2) is 45.6 Å². The van der Waals surface area contributed by atoms with Gasteiger partial charge in [0.25, 0.3) is 0 Å². The monoisotopic (exact) mass is 526 g/mol. The number of rotatable bonds is 7. The molecule has 2 aliphatic carbocycles. The number of phenols is 1. The summed E-state index contributed by atoms with van der Waals surface area (Å²) >= 11 is 0. The quantitative estimate of drug-likeness (QED) is 0.345. The first-order chi connectivity index (χ1) is 19.1. The van der Waals surface area contributed by atoms with Crippen molar-refractivity contribution in [2.45, 2.75) is 76.9 Å². The van der Waals surface area contributed by atoms with Crippen molar-refractivity contribution >= 4 is 23.5 Å². The zero-order chi connectivity index (χ0) is 26.9. The molecule has 6 heteroatoms. The number of fused-ring (bicyclic) bond motifs is 3. The fourth-order valence-electron chi connectivity index (χ4n) is 7.45. The molecule has 2 aliphatic heterocycles. The second-order valence-electron chi connectivity index (χ2n) is 11.5. The second-order valence-corrected chi connectivity index (χ2v) is 11.5. The molecule has 0 unspecified atom stereocenters. The van der Waals surface area contributed by atoms with E-state index >= 15 is 0 Å². The van der Waals surface area contributed by atoms with Gasteiger partial charge in [-0.3, -0.25) is 19.5 Å². The Bertz CT molecular complexity index is 1290. The number of allylic oxidation sites excluding steroid dienone is 2. The molecule has 6 rings (SSSR count). The first-order valence-electron chi connectivity index (χ1n) is 14.7. The molecule has 1 aromatic carbocycles. The molecule has 0 radical (unpaired) electrons. The van der Waals surface area contributed by atoms with Crippen molar-refractivity contribution in [2.24, 2.45) is 17.8 Å².